The molecule has 0 aliphatic rings. The zero-order valence-corrected chi connectivity index (χ0v) is 12.4. The fourth-order valence-electron chi connectivity index (χ4n) is 1.77. The number of rotatable bonds is 5. The molecule has 2 nitrogen and oxygen atoms in total. The fraction of sp³-hybridized carbons (Fsp3) is 0.533. The summed E-state index contributed by atoms with van der Waals surface area (Å²) in [6, 6.07) is 7.95. The van der Waals surface area contributed by atoms with Crippen molar-refractivity contribution in [2.24, 2.45) is 5.92 Å². The van der Waals surface area contributed by atoms with E-state index >= 15 is 0 Å². The van der Waals surface area contributed by atoms with E-state index in [2.05, 4.69) is 32.7 Å². The van der Waals surface area contributed by atoms with Crippen molar-refractivity contribution in [3.63, 3.8) is 0 Å². The number of para-hydroxylation sites is 2. The number of oxazole rings is 1. The standard InChI is InChI=1S/C15H21NOS/c1-11(2)9-18-10-15(3,4)14-16-12-7-5-6-8-13(12)17-14/h5-8,11H,9-10H2,1-4H3. The number of nitrogens with zero attached hydrogens (tertiary/aromatic N) is 1. The summed E-state index contributed by atoms with van der Waals surface area (Å²) >= 11 is 1.97. The highest BCUT2D eigenvalue weighted by molar-refractivity contribution is 7.99. The highest BCUT2D eigenvalue weighted by Crippen LogP contribution is 2.30. The van der Waals surface area contributed by atoms with Crippen LogP contribution in [0.3, 0.4) is 0 Å². The number of benzene rings is 1. The van der Waals surface area contributed by atoms with E-state index in [1.54, 1.807) is 0 Å². The Morgan fingerprint density at radius 1 is 1.28 bits per heavy atom. The monoisotopic (exact) mass is 263 g/mol. The average Bonchev–Trinajstić information content (AvgIpc) is 2.72. The molecule has 0 unspecified atom stereocenters. The van der Waals surface area contributed by atoms with E-state index in [1.807, 2.05) is 36.0 Å². The molecule has 0 radical (unpaired) electrons. The summed E-state index contributed by atoms with van der Waals surface area (Å²) in [5.74, 6) is 3.80. The van der Waals surface area contributed by atoms with Crippen LogP contribution in [0.4, 0.5) is 0 Å². The molecule has 98 valence electrons. The summed E-state index contributed by atoms with van der Waals surface area (Å²) in [6.07, 6.45) is 0. The first-order valence-electron chi connectivity index (χ1n) is 6.43. The molecular weight excluding hydrogens is 242 g/mol. The maximum Gasteiger partial charge on any atom is 0.201 e. The van der Waals surface area contributed by atoms with Gasteiger partial charge in [-0.2, -0.15) is 11.8 Å². The van der Waals surface area contributed by atoms with Gasteiger partial charge in [-0.15, -0.1) is 0 Å². The maximum atomic E-state index is 5.87. The summed E-state index contributed by atoms with van der Waals surface area (Å²) in [7, 11) is 0. The Labute approximate surface area is 113 Å². The molecule has 0 atom stereocenters. The average molecular weight is 263 g/mol. The van der Waals surface area contributed by atoms with E-state index in [4.69, 9.17) is 4.42 Å². The predicted octanol–water partition coefficient (Wildman–Crippen LogP) is 4.49. The molecule has 0 amide bonds. The summed E-state index contributed by atoms with van der Waals surface area (Å²) in [6.45, 7) is 8.90. The first-order chi connectivity index (χ1) is 8.49. The van der Waals surface area contributed by atoms with Gasteiger partial charge >= 0.3 is 0 Å². The predicted molar refractivity (Wildman–Crippen MR) is 79.2 cm³/mol. The zero-order chi connectivity index (χ0) is 13.2. The second-order valence-corrected chi connectivity index (χ2v) is 6.81. The van der Waals surface area contributed by atoms with Gasteiger partial charge in [-0.05, 0) is 23.8 Å². The zero-order valence-electron chi connectivity index (χ0n) is 11.6. The van der Waals surface area contributed by atoms with Crippen LogP contribution in [0.1, 0.15) is 33.6 Å². The topological polar surface area (TPSA) is 26.0 Å². The molecule has 0 saturated carbocycles. The van der Waals surface area contributed by atoms with E-state index in [9.17, 15) is 0 Å². The molecule has 0 spiro atoms. The second kappa shape index (κ2) is 5.35. The third kappa shape index (κ3) is 3.08. The first kappa shape index (κ1) is 13.5. The summed E-state index contributed by atoms with van der Waals surface area (Å²) in [5, 5.41) is 0. The first-order valence-corrected chi connectivity index (χ1v) is 7.58. The summed E-state index contributed by atoms with van der Waals surface area (Å²) in [5.41, 5.74) is 1.82. The van der Waals surface area contributed by atoms with Crippen molar-refractivity contribution in [2.75, 3.05) is 11.5 Å². The van der Waals surface area contributed by atoms with E-state index in [1.165, 1.54) is 5.75 Å². The van der Waals surface area contributed by atoms with Crippen molar-refractivity contribution in [1.82, 2.24) is 4.98 Å². The Morgan fingerprint density at radius 3 is 2.67 bits per heavy atom. The Bertz CT molecular complexity index is 483. The third-order valence-electron chi connectivity index (χ3n) is 2.79. The maximum absolute atomic E-state index is 5.87. The number of aromatic nitrogens is 1. The minimum Gasteiger partial charge on any atom is -0.440 e. The van der Waals surface area contributed by atoms with E-state index in [-0.39, 0.29) is 5.41 Å². The largest absolute Gasteiger partial charge is 0.440 e. The molecule has 18 heavy (non-hydrogen) atoms. The molecule has 0 aliphatic heterocycles. The van der Waals surface area contributed by atoms with Gasteiger partial charge in [0.05, 0.1) is 5.41 Å². The van der Waals surface area contributed by atoms with Gasteiger partial charge in [0.1, 0.15) is 5.52 Å². The van der Waals surface area contributed by atoms with Crippen LogP contribution in [0, 0.1) is 5.92 Å². The number of hydrogen-bond acceptors (Lipinski definition) is 3. The van der Waals surface area contributed by atoms with Crippen LogP contribution in [0.15, 0.2) is 28.7 Å². The summed E-state index contributed by atoms with van der Waals surface area (Å²) in [4.78, 5) is 4.60. The molecule has 0 fully saturated rings. The number of hydrogen-bond donors (Lipinski definition) is 0. The molecule has 0 saturated heterocycles. The van der Waals surface area contributed by atoms with E-state index in [0.29, 0.717) is 0 Å². The van der Waals surface area contributed by atoms with Gasteiger partial charge < -0.3 is 4.42 Å². The smallest absolute Gasteiger partial charge is 0.201 e. The van der Waals surface area contributed by atoms with Crippen LogP contribution in [0.5, 0.6) is 0 Å². The molecule has 2 rings (SSSR count). The summed E-state index contributed by atoms with van der Waals surface area (Å²) < 4.78 is 5.87. The van der Waals surface area contributed by atoms with Crippen LogP contribution < -0.4 is 0 Å². The van der Waals surface area contributed by atoms with Gasteiger partial charge in [-0.1, -0.05) is 39.8 Å². The Balaban J connectivity index is 2.13. The lowest BCUT2D eigenvalue weighted by Gasteiger charge is -2.20. The lowest BCUT2D eigenvalue weighted by atomic mass is 9.97. The normalized spacial score (nSPS) is 12.5. The molecule has 1 aromatic carbocycles. The van der Waals surface area contributed by atoms with Gasteiger partial charge in [0, 0.05) is 5.75 Å². The van der Waals surface area contributed by atoms with Gasteiger partial charge in [0.15, 0.2) is 5.58 Å². The number of thioether (sulfide) groups is 1. The molecule has 0 aliphatic carbocycles. The Morgan fingerprint density at radius 2 is 2.00 bits per heavy atom. The van der Waals surface area contributed by atoms with E-state index in [0.717, 1.165) is 28.7 Å². The molecule has 0 bridgehead atoms. The van der Waals surface area contributed by atoms with E-state index < -0.39 is 0 Å². The molecule has 2 aromatic rings. The van der Waals surface area contributed by atoms with Crippen LogP contribution in [0.2, 0.25) is 0 Å². The van der Waals surface area contributed by atoms with Gasteiger partial charge in [-0.3, -0.25) is 0 Å². The van der Waals surface area contributed by atoms with Crippen molar-refractivity contribution in [3.05, 3.63) is 30.2 Å². The lowest BCUT2D eigenvalue weighted by molar-refractivity contribution is 0.416. The van der Waals surface area contributed by atoms with Crippen molar-refractivity contribution in [2.45, 2.75) is 33.1 Å². The van der Waals surface area contributed by atoms with Crippen LogP contribution in [0.25, 0.3) is 11.1 Å². The SMILES string of the molecule is CC(C)CSCC(C)(C)c1nc2ccccc2o1. The Hall–Kier alpha value is -0.960. The minimum absolute atomic E-state index is 0.0153. The van der Waals surface area contributed by atoms with Crippen LogP contribution in [-0.4, -0.2) is 16.5 Å². The third-order valence-corrected chi connectivity index (χ3v) is 4.62. The molecule has 0 N–H and O–H groups in total. The second-order valence-electron chi connectivity index (χ2n) is 5.78. The van der Waals surface area contributed by atoms with Crippen LogP contribution >= 0.6 is 11.8 Å². The fourth-order valence-corrected chi connectivity index (χ4v) is 3.00. The van der Waals surface area contributed by atoms with Crippen molar-refractivity contribution in [3.8, 4) is 0 Å². The molecule has 1 aromatic heterocycles. The molecule has 1 heterocycles. The van der Waals surface area contributed by atoms with Gasteiger partial charge in [-0.25, -0.2) is 4.98 Å². The Kier molecular flexibility index (Phi) is 4.00. The van der Waals surface area contributed by atoms with Gasteiger partial charge in [0.25, 0.3) is 0 Å². The van der Waals surface area contributed by atoms with Crippen molar-refractivity contribution >= 4 is 22.9 Å². The van der Waals surface area contributed by atoms with Crippen molar-refractivity contribution in [1.29, 1.82) is 0 Å². The van der Waals surface area contributed by atoms with Crippen LogP contribution in [-0.2, 0) is 5.41 Å². The van der Waals surface area contributed by atoms with Crippen molar-refractivity contribution < 1.29 is 4.42 Å². The van der Waals surface area contributed by atoms with Gasteiger partial charge in [0.2, 0.25) is 5.89 Å². The highest BCUT2D eigenvalue weighted by atomic mass is 32.2. The minimum atomic E-state index is -0.0153. The molecular formula is C15H21NOS. The number of fused-ring (bicyclic) bond motifs is 1. The quantitative estimate of drug-likeness (QED) is 0.794. The lowest BCUT2D eigenvalue weighted by Crippen LogP contribution is -2.21. The highest BCUT2D eigenvalue weighted by Gasteiger charge is 2.26. The molecule has 3 heteroatoms.